The highest BCUT2D eigenvalue weighted by Crippen LogP contribution is 2.15. The summed E-state index contributed by atoms with van der Waals surface area (Å²) in [5.74, 6) is 0. The Morgan fingerprint density at radius 2 is 1.86 bits per heavy atom. The molecule has 0 aliphatic heterocycles. The van der Waals surface area contributed by atoms with Crippen LogP contribution in [0.4, 0.5) is 0 Å². The van der Waals surface area contributed by atoms with Crippen molar-refractivity contribution in [1.82, 2.24) is 0 Å². The van der Waals surface area contributed by atoms with Gasteiger partial charge in [0.15, 0.2) is 0 Å². The molecule has 0 amide bonds. The molecule has 0 heterocycles. The molecule has 0 spiro atoms. The quantitative estimate of drug-likeness (QED) is 0.688. The predicted octanol–water partition coefficient (Wildman–Crippen LogP) is 2.51. The van der Waals surface area contributed by atoms with Gasteiger partial charge in [-0.25, -0.2) is 0 Å². The Morgan fingerprint density at radius 1 is 1.07 bits per heavy atom. The molecule has 2 rings (SSSR count). The largest absolute Gasteiger partial charge is 0.463 e. The van der Waals surface area contributed by atoms with Crippen LogP contribution in [0.1, 0.15) is 5.56 Å². The van der Waals surface area contributed by atoms with Crippen molar-refractivity contribution in [3.05, 3.63) is 48.0 Å². The van der Waals surface area contributed by atoms with Gasteiger partial charge in [0, 0.05) is 0 Å². The zero-order valence-corrected chi connectivity index (χ0v) is 7.64. The number of benzene rings is 2. The minimum Gasteiger partial charge on any atom is -0.463 e. The van der Waals surface area contributed by atoms with E-state index in [0.29, 0.717) is 13.1 Å². The molecule has 0 radical (unpaired) electrons. The van der Waals surface area contributed by atoms with E-state index in [1.807, 2.05) is 36.4 Å². The lowest BCUT2D eigenvalue weighted by molar-refractivity contribution is -0.129. The molecular formula is C12H10O2. The van der Waals surface area contributed by atoms with E-state index in [9.17, 15) is 4.79 Å². The van der Waals surface area contributed by atoms with Crippen LogP contribution in [-0.4, -0.2) is 6.47 Å². The van der Waals surface area contributed by atoms with Gasteiger partial charge in [-0.3, -0.25) is 4.79 Å². The molecule has 2 nitrogen and oxygen atoms in total. The van der Waals surface area contributed by atoms with Crippen molar-refractivity contribution in [2.24, 2.45) is 0 Å². The monoisotopic (exact) mass is 186 g/mol. The third-order valence-corrected chi connectivity index (χ3v) is 2.13. The number of fused-ring (bicyclic) bond motifs is 1. The minimum absolute atomic E-state index is 0.342. The van der Waals surface area contributed by atoms with Gasteiger partial charge in [-0.2, -0.15) is 0 Å². The van der Waals surface area contributed by atoms with Gasteiger partial charge in [-0.15, -0.1) is 0 Å². The Bertz CT molecular complexity index is 449. The van der Waals surface area contributed by atoms with E-state index < -0.39 is 0 Å². The Labute approximate surface area is 82.1 Å². The van der Waals surface area contributed by atoms with Crippen molar-refractivity contribution in [2.45, 2.75) is 6.61 Å². The van der Waals surface area contributed by atoms with E-state index in [2.05, 4.69) is 10.8 Å². The zero-order valence-electron chi connectivity index (χ0n) is 7.64. The molecule has 0 unspecified atom stereocenters. The second-order valence-electron chi connectivity index (χ2n) is 3.09. The van der Waals surface area contributed by atoms with Gasteiger partial charge in [0.05, 0.1) is 0 Å². The average Bonchev–Trinajstić information content (AvgIpc) is 2.26. The first kappa shape index (κ1) is 8.75. The highest BCUT2D eigenvalue weighted by Gasteiger charge is 1.95. The lowest BCUT2D eigenvalue weighted by Crippen LogP contribution is -1.89. The third kappa shape index (κ3) is 1.74. The molecule has 0 saturated carbocycles. The van der Waals surface area contributed by atoms with Crippen LogP contribution in [0.25, 0.3) is 10.8 Å². The SMILES string of the molecule is O=COCc1ccc2ccccc2c1. The van der Waals surface area contributed by atoms with E-state index in [1.54, 1.807) is 0 Å². The molecule has 2 heteroatoms. The summed E-state index contributed by atoms with van der Waals surface area (Å²) in [6.07, 6.45) is 0. The maximum Gasteiger partial charge on any atom is 0.293 e. The van der Waals surface area contributed by atoms with Gasteiger partial charge in [0.25, 0.3) is 6.47 Å². The third-order valence-electron chi connectivity index (χ3n) is 2.13. The smallest absolute Gasteiger partial charge is 0.293 e. The van der Waals surface area contributed by atoms with E-state index in [0.717, 1.165) is 5.56 Å². The van der Waals surface area contributed by atoms with Crippen molar-refractivity contribution in [3.8, 4) is 0 Å². The molecule has 0 bridgehead atoms. The minimum atomic E-state index is 0.342. The summed E-state index contributed by atoms with van der Waals surface area (Å²) in [6, 6.07) is 14.1. The van der Waals surface area contributed by atoms with Crippen molar-refractivity contribution in [3.63, 3.8) is 0 Å². The lowest BCUT2D eigenvalue weighted by atomic mass is 10.1. The van der Waals surface area contributed by atoms with E-state index in [4.69, 9.17) is 0 Å². The van der Waals surface area contributed by atoms with Crippen molar-refractivity contribution in [1.29, 1.82) is 0 Å². The molecule has 0 N–H and O–H groups in total. The molecule has 0 fully saturated rings. The Kier molecular flexibility index (Phi) is 2.45. The van der Waals surface area contributed by atoms with Crippen LogP contribution in [0, 0.1) is 0 Å². The number of hydrogen-bond acceptors (Lipinski definition) is 2. The standard InChI is InChI=1S/C12H10O2/c13-9-14-8-10-5-6-11-3-1-2-4-12(11)7-10/h1-7,9H,8H2. The van der Waals surface area contributed by atoms with Gasteiger partial charge < -0.3 is 4.74 Å². The molecule has 0 aromatic heterocycles. The van der Waals surface area contributed by atoms with E-state index in [1.165, 1.54) is 10.8 Å². The molecule has 2 aromatic rings. The topological polar surface area (TPSA) is 26.3 Å². The molecule has 70 valence electrons. The van der Waals surface area contributed by atoms with Gasteiger partial charge in [-0.1, -0.05) is 36.4 Å². The second kappa shape index (κ2) is 3.92. The summed E-state index contributed by atoms with van der Waals surface area (Å²) in [6.45, 7) is 0.809. The molecule has 0 saturated heterocycles. The molecule has 2 aromatic carbocycles. The molecule has 0 aliphatic carbocycles. The highest BCUT2D eigenvalue weighted by molar-refractivity contribution is 5.82. The summed E-state index contributed by atoms with van der Waals surface area (Å²) in [7, 11) is 0. The highest BCUT2D eigenvalue weighted by atomic mass is 16.5. The molecule has 14 heavy (non-hydrogen) atoms. The summed E-state index contributed by atoms with van der Waals surface area (Å²) in [4.78, 5) is 10.0. The van der Waals surface area contributed by atoms with Crippen LogP contribution in [0.5, 0.6) is 0 Å². The van der Waals surface area contributed by atoms with Gasteiger partial charge in [-0.05, 0) is 22.4 Å². The van der Waals surface area contributed by atoms with E-state index >= 15 is 0 Å². The van der Waals surface area contributed by atoms with Gasteiger partial charge in [0.1, 0.15) is 6.61 Å². The predicted molar refractivity (Wildman–Crippen MR) is 54.8 cm³/mol. The number of hydrogen-bond donors (Lipinski definition) is 0. The summed E-state index contributed by atoms with van der Waals surface area (Å²) >= 11 is 0. The lowest BCUT2D eigenvalue weighted by Gasteiger charge is -2.01. The first-order chi connectivity index (χ1) is 6.90. The van der Waals surface area contributed by atoms with Crippen LogP contribution in [0.15, 0.2) is 42.5 Å². The van der Waals surface area contributed by atoms with Crippen LogP contribution in [-0.2, 0) is 16.1 Å². The molecule has 0 aliphatic rings. The van der Waals surface area contributed by atoms with Crippen LogP contribution in [0.2, 0.25) is 0 Å². The summed E-state index contributed by atoms with van der Waals surface area (Å²) in [5, 5.41) is 2.36. The molecular weight excluding hydrogens is 176 g/mol. The first-order valence-corrected chi connectivity index (χ1v) is 4.43. The van der Waals surface area contributed by atoms with Crippen molar-refractivity contribution < 1.29 is 9.53 Å². The fourth-order valence-corrected chi connectivity index (χ4v) is 1.46. The van der Waals surface area contributed by atoms with Crippen LogP contribution in [0.3, 0.4) is 0 Å². The zero-order chi connectivity index (χ0) is 9.80. The van der Waals surface area contributed by atoms with Crippen molar-refractivity contribution in [2.75, 3.05) is 0 Å². The number of carbonyl (C=O) groups is 1. The Morgan fingerprint density at radius 3 is 2.64 bits per heavy atom. The van der Waals surface area contributed by atoms with Crippen LogP contribution >= 0.6 is 0 Å². The summed E-state index contributed by atoms with van der Waals surface area (Å²) in [5.41, 5.74) is 1.01. The van der Waals surface area contributed by atoms with Crippen molar-refractivity contribution >= 4 is 17.2 Å². The normalized spacial score (nSPS) is 10.0. The average molecular weight is 186 g/mol. The van der Waals surface area contributed by atoms with Crippen LogP contribution < -0.4 is 0 Å². The number of rotatable bonds is 3. The molecule has 0 atom stereocenters. The van der Waals surface area contributed by atoms with Gasteiger partial charge >= 0.3 is 0 Å². The fraction of sp³-hybridized carbons (Fsp3) is 0.0833. The maximum atomic E-state index is 10.0. The Balaban J connectivity index is 2.36. The second-order valence-corrected chi connectivity index (χ2v) is 3.09. The fourth-order valence-electron chi connectivity index (χ4n) is 1.46. The Hall–Kier alpha value is -1.83. The van der Waals surface area contributed by atoms with E-state index in [-0.39, 0.29) is 0 Å². The van der Waals surface area contributed by atoms with Gasteiger partial charge in [0.2, 0.25) is 0 Å². The summed E-state index contributed by atoms with van der Waals surface area (Å²) < 4.78 is 4.69. The number of ether oxygens (including phenoxy) is 1. The maximum absolute atomic E-state index is 10.0. The number of carbonyl (C=O) groups excluding carboxylic acids is 1. The first-order valence-electron chi connectivity index (χ1n) is 4.43.